The Kier molecular flexibility index (Phi) is 5.07. The Balaban J connectivity index is 1.57. The zero-order valence-electron chi connectivity index (χ0n) is 15.7. The number of piperidine rings is 1. The second-order valence-electron chi connectivity index (χ2n) is 7.70. The number of aromatic amines is 1. The highest BCUT2D eigenvalue weighted by Crippen LogP contribution is 2.32. The summed E-state index contributed by atoms with van der Waals surface area (Å²) >= 11 is 7.21. The molecule has 2 aromatic heterocycles. The zero-order valence-corrected chi connectivity index (χ0v) is 18.9. The van der Waals surface area contributed by atoms with Gasteiger partial charge in [0.15, 0.2) is 0 Å². The molecule has 1 aliphatic rings. The summed E-state index contributed by atoms with van der Waals surface area (Å²) in [4.78, 5) is 6.24. The molecule has 1 fully saturated rings. The van der Waals surface area contributed by atoms with E-state index in [1.165, 1.54) is 65.5 Å². The number of hydrogen-bond donors (Lipinski definition) is 1. The molecule has 0 radical (unpaired) electrons. The van der Waals surface area contributed by atoms with Gasteiger partial charge in [-0.15, -0.1) is 0 Å². The molecule has 28 heavy (non-hydrogen) atoms. The third kappa shape index (κ3) is 3.56. The number of H-pyrrole nitrogens is 1. The van der Waals surface area contributed by atoms with E-state index >= 15 is 0 Å². The van der Waals surface area contributed by atoms with Crippen molar-refractivity contribution < 1.29 is 0 Å². The largest absolute Gasteiger partial charge is 0.353 e. The fourth-order valence-electron chi connectivity index (χ4n) is 4.37. The van der Waals surface area contributed by atoms with Crippen LogP contribution in [0.1, 0.15) is 19.3 Å². The Morgan fingerprint density at radius 3 is 2.43 bits per heavy atom. The SMILES string of the molecule is Brc1ccc2c(c1)cc(-c1cc3ccc(Br)cc3[nH]1)n2CCN1CCCCC1. The fraction of sp³-hybridized carbons (Fsp3) is 0.304. The highest BCUT2D eigenvalue weighted by Gasteiger charge is 2.16. The number of nitrogens with one attached hydrogen (secondary N) is 1. The molecule has 1 aliphatic heterocycles. The smallest absolute Gasteiger partial charge is 0.0657 e. The van der Waals surface area contributed by atoms with E-state index in [0.717, 1.165) is 22.0 Å². The lowest BCUT2D eigenvalue weighted by Crippen LogP contribution is -2.32. The van der Waals surface area contributed by atoms with Crippen molar-refractivity contribution in [3.63, 3.8) is 0 Å². The van der Waals surface area contributed by atoms with Gasteiger partial charge in [0, 0.05) is 43.8 Å². The summed E-state index contributed by atoms with van der Waals surface area (Å²) in [6.07, 6.45) is 4.05. The van der Waals surface area contributed by atoms with E-state index in [0.29, 0.717) is 0 Å². The molecule has 144 valence electrons. The summed E-state index contributed by atoms with van der Waals surface area (Å²) in [5.41, 5.74) is 4.91. The van der Waals surface area contributed by atoms with E-state index < -0.39 is 0 Å². The van der Waals surface area contributed by atoms with Crippen molar-refractivity contribution in [2.75, 3.05) is 19.6 Å². The highest BCUT2D eigenvalue weighted by atomic mass is 79.9. The van der Waals surface area contributed by atoms with E-state index in [-0.39, 0.29) is 0 Å². The molecule has 0 spiro atoms. The van der Waals surface area contributed by atoms with E-state index in [2.05, 4.69) is 94.8 Å². The molecule has 5 heteroatoms. The van der Waals surface area contributed by atoms with Gasteiger partial charge in [-0.25, -0.2) is 0 Å². The molecule has 0 aliphatic carbocycles. The monoisotopic (exact) mass is 499 g/mol. The summed E-state index contributed by atoms with van der Waals surface area (Å²) < 4.78 is 4.71. The van der Waals surface area contributed by atoms with Crippen LogP contribution in [-0.4, -0.2) is 34.1 Å². The van der Waals surface area contributed by atoms with Crippen LogP contribution >= 0.6 is 31.9 Å². The predicted molar refractivity (Wildman–Crippen MR) is 125 cm³/mol. The van der Waals surface area contributed by atoms with Crippen molar-refractivity contribution in [1.29, 1.82) is 0 Å². The van der Waals surface area contributed by atoms with Gasteiger partial charge in [-0.3, -0.25) is 0 Å². The normalized spacial score (nSPS) is 15.6. The number of hydrogen-bond acceptors (Lipinski definition) is 1. The maximum absolute atomic E-state index is 3.63. The Morgan fingerprint density at radius 1 is 0.786 bits per heavy atom. The number of nitrogens with zero attached hydrogens (tertiary/aromatic N) is 2. The lowest BCUT2D eigenvalue weighted by atomic mass is 10.1. The van der Waals surface area contributed by atoms with Crippen LogP contribution in [0.2, 0.25) is 0 Å². The summed E-state index contributed by atoms with van der Waals surface area (Å²) in [6, 6.07) is 17.6. The standard InChI is InChI=1S/C23H23Br2N3/c24-18-6-7-22-17(12-18)14-23(28(22)11-10-27-8-2-1-3-9-27)21-13-16-4-5-19(25)15-20(16)26-21/h4-7,12-15,26H,1-3,8-11H2. The van der Waals surface area contributed by atoms with E-state index in [1.807, 2.05) is 0 Å². The molecule has 4 aromatic rings. The van der Waals surface area contributed by atoms with Gasteiger partial charge >= 0.3 is 0 Å². The lowest BCUT2D eigenvalue weighted by molar-refractivity contribution is 0.222. The van der Waals surface area contributed by atoms with Crippen molar-refractivity contribution in [2.45, 2.75) is 25.8 Å². The first-order valence-corrected chi connectivity index (χ1v) is 11.6. The number of benzene rings is 2. The second-order valence-corrected chi connectivity index (χ2v) is 9.53. The van der Waals surface area contributed by atoms with Crippen molar-refractivity contribution in [1.82, 2.24) is 14.5 Å². The predicted octanol–water partition coefficient (Wildman–Crippen LogP) is 6.80. The summed E-state index contributed by atoms with van der Waals surface area (Å²) in [5.74, 6) is 0. The van der Waals surface area contributed by atoms with Crippen LogP contribution in [0.5, 0.6) is 0 Å². The highest BCUT2D eigenvalue weighted by molar-refractivity contribution is 9.10. The Bertz CT molecular complexity index is 1140. The molecule has 2 aromatic carbocycles. The first-order valence-electron chi connectivity index (χ1n) is 9.97. The second kappa shape index (κ2) is 7.69. The molecule has 0 saturated carbocycles. The third-order valence-electron chi connectivity index (χ3n) is 5.81. The van der Waals surface area contributed by atoms with Gasteiger partial charge in [-0.05, 0) is 68.4 Å². The van der Waals surface area contributed by atoms with E-state index in [9.17, 15) is 0 Å². The van der Waals surface area contributed by atoms with Gasteiger partial charge in [0.05, 0.1) is 11.4 Å². The number of rotatable bonds is 4. The van der Waals surface area contributed by atoms with Crippen LogP contribution < -0.4 is 0 Å². The molecule has 5 rings (SSSR count). The first kappa shape index (κ1) is 18.5. The van der Waals surface area contributed by atoms with Crippen LogP contribution in [0.3, 0.4) is 0 Å². The summed E-state index contributed by atoms with van der Waals surface area (Å²) in [5, 5.41) is 2.52. The van der Waals surface area contributed by atoms with Gasteiger partial charge in [-0.1, -0.05) is 44.3 Å². The number of halogens is 2. The maximum atomic E-state index is 3.63. The quantitative estimate of drug-likeness (QED) is 0.327. The molecular weight excluding hydrogens is 478 g/mol. The van der Waals surface area contributed by atoms with E-state index in [1.54, 1.807) is 0 Å². The molecule has 0 unspecified atom stereocenters. The van der Waals surface area contributed by atoms with Crippen molar-refractivity contribution in [3.05, 3.63) is 57.5 Å². The van der Waals surface area contributed by atoms with E-state index in [4.69, 9.17) is 0 Å². The minimum absolute atomic E-state index is 1.01. The number of fused-ring (bicyclic) bond motifs is 2. The third-order valence-corrected chi connectivity index (χ3v) is 6.80. The van der Waals surface area contributed by atoms with Crippen LogP contribution in [0.4, 0.5) is 0 Å². The summed E-state index contributed by atoms with van der Waals surface area (Å²) in [6.45, 7) is 4.60. The van der Waals surface area contributed by atoms with Gasteiger partial charge in [0.1, 0.15) is 0 Å². The molecule has 3 heterocycles. The number of aromatic nitrogens is 2. The fourth-order valence-corrected chi connectivity index (χ4v) is 5.11. The van der Waals surface area contributed by atoms with Gasteiger partial charge < -0.3 is 14.5 Å². The van der Waals surface area contributed by atoms with Crippen molar-refractivity contribution in [3.8, 4) is 11.4 Å². The molecule has 3 nitrogen and oxygen atoms in total. The maximum Gasteiger partial charge on any atom is 0.0657 e. The Morgan fingerprint density at radius 2 is 1.57 bits per heavy atom. The van der Waals surface area contributed by atoms with Crippen LogP contribution in [-0.2, 0) is 6.54 Å². The van der Waals surface area contributed by atoms with Crippen LogP contribution in [0.25, 0.3) is 33.2 Å². The summed E-state index contributed by atoms with van der Waals surface area (Å²) in [7, 11) is 0. The topological polar surface area (TPSA) is 24.0 Å². The molecule has 0 atom stereocenters. The van der Waals surface area contributed by atoms with Crippen molar-refractivity contribution in [2.24, 2.45) is 0 Å². The molecule has 1 saturated heterocycles. The van der Waals surface area contributed by atoms with Crippen LogP contribution in [0.15, 0.2) is 57.5 Å². The lowest BCUT2D eigenvalue weighted by Gasteiger charge is -2.27. The molecule has 0 amide bonds. The molecular formula is C23H23Br2N3. The van der Waals surface area contributed by atoms with Gasteiger partial charge in [0.2, 0.25) is 0 Å². The Labute approximate surface area is 182 Å². The zero-order chi connectivity index (χ0) is 19.1. The number of likely N-dealkylation sites (tertiary alicyclic amines) is 1. The van der Waals surface area contributed by atoms with Gasteiger partial charge in [-0.2, -0.15) is 0 Å². The average molecular weight is 501 g/mol. The minimum Gasteiger partial charge on any atom is -0.353 e. The average Bonchev–Trinajstić information content (AvgIpc) is 3.27. The van der Waals surface area contributed by atoms with Crippen LogP contribution in [0, 0.1) is 0 Å². The Hall–Kier alpha value is -1.56. The van der Waals surface area contributed by atoms with Crippen molar-refractivity contribution >= 4 is 53.7 Å². The molecule has 1 N–H and O–H groups in total. The minimum atomic E-state index is 1.01. The first-order chi connectivity index (χ1) is 13.7. The molecule has 0 bridgehead atoms. The van der Waals surface area contributed by atoms with Gasteiger partial charge in [0.25, 0.3) is 0 Å².